The summed E-state index contributed by atoms with van der Waals surface area (Å²) in [6.07, 6.45) is 5.51. The molecule has 0 atom stereocenters. The maximum Gasteiger partial charge on any atom is 0.153 e. The van der Waals surface area contributed by atoms with Gasteiger partial charge in [0.1, 0.15) is 11.3 Å². The molecule has 2 aromatic heterocycles. The molecule has 0 bridgehead atoms. The minimum Gasteiger partial charge on any atom is -0.453 e. The molecule has 92 valence electrons. The number of benzene rings is 1. The van der Waals surface area contributed by atoms with Gasteiger partial charge in [-0.2, -0.15) is 0 Å². The average Bonchev–Trinajstić information content (AvgIpc) is 2.48. The zero-order valence-corrected chi connectivity index (χ0v) is 9.98. The number of ether oxygens (including phenoxy) is 1. The minimum atomic E-state index is 0.477. The van der Waals surface area contributed by atoms with E-state index in [0.717, 1.165) is 17.2 Å². The third kappa shape index (κ3) is 2.28. The molecule has 0 radical (unpaired) electrons. The Balaban J connectivity index is 2.03. The number of aromatic nitrogens is 2. The van der Waals surface area contributed by atoms with Crippen molar-refractivity contribution >= 4 is 17.2 Å². The number of hydrogen-bond donors (Lipinski definition) is 0. The number of para-hydroxylation sites is 1. The van der Waals surface area contributed by atoms with Gasteiger partial charge in [0.2, 0.25) is 0 Å². The third-order valence-corrected chi connectivity index (χ3v) is 2.69. The third-order valence-electron chi connectivity index (χ3n) is 2.69. The molecule has 0 amide bonds. The smallest absolute Gasteiger partial charge is 0.153 e. The van der Waals surface area contributed by atoms with Crippen LogP contribution in [0.15, 0.2) is 55.0 Å². The van der Waals surface area contributed by atoms with E-state index >= 15 is 0 Å². The number of carbonyl (C=O) groups excluding carboxylic acids is 1. The average molecular weight is 250 g/mol. The van der Waals surface area contributed by atoms with Gasteiger partial charge in [-0.15, -0.1) is 0 Å². The summed E-state index contributed by atoms with van der Waals surface area (Å²) in [5, 5.41) is 1.000. The van der Waals surface area contributed by atoms with Gasteiger partial charge in [0.05, 0.1) is 6.20 Å². The molecule has 0 aliphatic carbocycles. The maximum atomic E-state index is 10.7. The Hall–Kier alpha value is -2.75. The van der Waals surface area contributed by atoms with Crippen LogP contribution in [0.25, 0.3) is 10.9 Å². The molecule has 2 heterocycles. The van der Waals surface area contributed by atoms with E-state index in [-0.39, 0.29) is 0 Å². The van der Waals surface area contributed by atoms with E-state index in [4.69, 9.17) is 4.74 Å². The molecular formula is C15H10N2O2. The lowest BCUT2D eigenvalue weighted by molar-refractivity contribution is 0.112. The van der Waals surface area contributed by atoms with Crippen LogP contribution in [0.4, 0.5) is 0 Å². The number of aldehydes is 1. The number of fused-ring (bicyclic) bond motifs is 1. The zero-order valence-electron chi connectivity index (χ0n) is 9.98. The van der Waals surface area contributed by atoms with Crippen molar-refractivity contribution in [3.8, 4) is 11.5 Å². The highest BCUT2D eigenvalue weighted by Crippen LogP contribution is 2.27. The van der Waals surface area contributed by atoms with Crippen molar-refractivity contribution in [3.05, 3.63) is 60.6 Å². The molecule has 4 heteroatoms. The largest absolute Gasteiger partial charge is 0.453 e. The van der Waals surface area contributed by atoms with E-state index in [0.29, 0.717) is 17.1 Å². The van der Waals surface area contributed by atoms with E-state index in [9.17, 15) is 4.79 Å². The van der Waals surface area contributed by atoms with Gasteiger partial charge in [-0.1, -0.05) is 18.2 Å². The predicted octanol–water partition coefficient (Wildman–Crippen LogP) is 3.23. The molecule has 3 rings (SSSR count). The van der Waals surface area contributed by atoms with Crippen LogP contribution in [0.2, 0.25) is 0 Å². The van der Waals surface area contributed by atoms with Crippen molar-refractivity contribution in [1.29, 1.82) is 0 Å². The Morgan fingerprint density at radius 3 is 2.89 bits per heavy atom. The van der Waals surface area contributed by atoms with Crippen LogP contribution in [-0.4, -0.2) is 16.3 Å². The summed E-state index contributed by atoms with van der Waals surface area (Å²) < 4.78 is 5.75. The summed E-state index contributed by atoms with van der Waals surface area (Å²) in [7, 11) is 0. The van der Waals surface area contributed by atoms with E-state index in [1.165, 1.54) is 6.20 Å². The summed E-state index contributed by atoms with van der Waals surface area (Å²) in [6.45, 7) is 0. The van der Waals surface area contributed by atoms with Crippen LogP contribution in [0.3, 0.4) is 0 Å². The molecular weight excluding hydrogens is 240 g/mol. The van der Waals surface area contributed by atoms with Gasteiger partial charge in [-0.05, 0) is 18.2 Å². The standard InChI is InChI=1S/C15H10N2O2/c18-10-11-7-13(9-16-8-11)19-14-5-1-3-12-4-2-6-17-15(12)14/h1-10H. The minimum absolute atomic E-state index is 0.477. The first-order valence-corrected chi connectivity index (χ1v) is 5.78. The highest BCUT2D eigenvalue weighted by atomic mass is 16.5. The maximum absolute atomic E-state index is 10.7. The monoisotopic (exact) mass is 250 g/mol. The van der Waals surface area contributed by atoms with Crippen molar-refractivity contribution in [1.82, 2.24) is 9.97 Å². The molecule has 3 aromatic rings. The van der Waals surface area contributed by atoms with Gasteiger partial charge in [0, 0.05) is 23.3 Å². The van der Waals surface area contributed by atoms with Gasteiger partial charge in [0.25, 0.3) is 0 Å². The Kier molecular flexibility index (Phi) is 2.90. The quantitative estimate of drug-likeness (QED) is 0.669. The Labute approximate surface area is 109 Å². The number of hydrogen-bond acceptors (Lipinski definition) is 4. The Morgan fingerprint density at radius 1 is 1.11 bits per heavy atom. The van der Waals surface area contributed by atoms with Crippen molar-refractivity contribution in [3.63, 3.8) is 0 Å². The van der Waals surface area contributed by atoms with E-state index in [1.807, 2.05) is 30.3 Å². The van der Waals surface area contributed by atoms with Gasteiger partial charge in [-0.25, -0.2) is 0 Å². The van der Waals surface area contributed by atoms with Crippen molar-refractivity contribution in [2.75, 3.05) is 0 Å². The lowest BCUT2D eigenvalue weighted by atomic mass is 10.2. The van der Waals surface area contributed by atoms with Crippen LogP contribution in [0, 0.1) is 0 Å². The van der Waals surface area contributed by atoms with E-state index in [2.05, 4.69) is 9.97 Å². The Bertz CT molecular complexity index is 736. The molecule has 0 unspecified atom stereocenters. The molecule has 4 nitrogen and oxygen atoms in total. The van der Waals surface area contributed by atoms with Gasteiger partial charge in [0.15, 0.2) is 12.0 Å². The number of carbonyl (C=O) groups is 1. The normalized spacial score (nSPS) is 10.3. The lowest BCUT2D eigenvalue weighted by Gasteiger charge is -2.07. The summed E-state index contributed by atoms with van der Waals surface area (Å²) in [5.74, 6) is 1.16. The van der Waals surface area contributed by atoms with Gasteiger partial charge >= 0.3 is 0 Å². The lowest BCUT2D eigenvalue weighted by Crippen LogP contribution is -1.90. The Morgan fingerprint density at radius 2 is 2.00 bits per heavy atom. The zero-order chi connectivity index (χ0) is 13.1. The summed E-state index contributed by atoms with van der Waals surface area (Å²) in [5.41, 5.74) is 1.26. The predicted molar refractivity (Wildman–Crippen MR) is 71.4 cm³/mol. The van der Waals surface area contributed by atoms with Crippen LogP contribution in [0.1, 0.15) is 10.4 Å². The summed E-state index contributed by atoms with van der Waals surface area (Å²) >= 11 is 0. The van der Waals surface area contributed by atoms with Gasteiger partial charge in [-0.3, -0.25) is 14.8 Å². The summed E-state index contributed by atoms with van der Waals surface area (Å²) in [4.78, 5) is 19.0. The van der Waals surface area contributed by atoms with Gasteiger partial charge < -0.3 is 4.74 Å². The highest BCUT2D eigenvalue weighted by molar-refractivity contribution is 5.84. The molecule has 0 aliphatic rings. The molecule has 19 heavy (non-hydrogen) atoms. The first kappa shape index (κ1) is 11.3. The molecule has 0 fully saturated rings. The molecule has 1 aromatic carbocycles. The molecule has 0 spiro atoms. The summed E-state index contributed by atoms with van der Waals surface area (Å²) in [6, 6.07) is 11.2. The first-order valence-electron chi connectivity index (χ1n) is 5.78. The van der Waals surface area contributed by atoms with E-state index in [1.54, 1.807) is 18.5 Å². The fourth-order valence-electron chi connectivity index (χ4n) is 1.84. The van der Waals surface area contributed by atoms with E-state index < -0.39 is 0 Å². The first-order chi connectivity index (χ1) is 9.36. The second kappa shape index (κ2) is 4.86. The second-order valence-corrected chi connectivity index (χ2v) is 4.01. The number of nitrogens with zero attached hydrogens (tertiary/aromatic N) is 2. The molecule has 0 N–H and O–H groups in total. The van der Waals surface area contributed by atoms with Crippen LogP contribution in [-0.2, 0) is 0 Å². The SMILES string of the molecule is O=Cc1cncc(Oc2cccc3cccnc23)c1. The van der Waals surface area contributed by atoms with Crippen LogP contribution in [0.5, 0.6) is 11.5 Å². The fourth-order valence-corrected chi connectivity index (χ4v) is 1.84. The number of rotatable bonds is 3. The van der Waals surface area contributed by atoms with Crippen LogP contribution < -0.4 is 4.74 Å². The van der Waals surface area contributed by atoms with Crippen molar-refractivity contribution < 1.29 is 9.53 Å². The fraction of sp³-hybridized carbons (Fsp3) is 0. The second-order valence-electron chi connectivity index (χ2n) is 4.01. The van der Waals surface area contributed by atoms with Crippen molar-refractivity contribution in [2.45, 2.75) is 0 Å². The van der Waals surface area contributed by atoms with Crippen LogP contribution >= 0.6 is 0 Å². The van der Waals surface area contributed by atoms with Crippen molar-refractivity contribution in [2.24, 2.45) is 0 Å². The molecule has 0 aliphatic heterocycles. The highest BCUT2D eigenvalue weighted by Gasteiger charge is 2.05. The molecule has 0 saturated carbocycles. The topological polar surface area (TPSA) is 52.1 Å². The molecule has 0 saturated heterocycles. The number of pyridine rings is 2.